The fourth-order valence-electron chi connectivity index (χ4n) is 4.13. The van der Waals surface area contributed by atoms with Gasteiger partial charge in [-0.05, 0) is 18.9 Å². The average molecular weight is 439 g/mol. The number of hydrogen-bond acceptors (Lipinski definition) is 3. The summed E-state index contributed by atoms with van der Waals surface area (Å²) in [6.45, 7) is 0. The Morgan fingerprint density at radius 2 is 1.97 bits per heavy atom. The minimum Gasteiger partial charge on any atom is -0.359 e. The summed E-state index contributed by atoms with van der Waals surface area (Å²) in [4.78, 5) is 19.9. The molecule has 0 radical (unpaired) electrons. The lowest BCUT2D eigenvalue weighted by Crippen LogP contribution is -2.24. The van der Waals surface area contributed by atoms with E-state index in [0.717, 1.165) is 10.9 Å². The van der Waals surface area contributed by atoms with Crippen molar-refractivity contribution >= 4 is 22.5 Å². The van der Waals surface area contributed by atoms with Crippen molar-refractivity contribution in [2.75, 3.05) is 5.32 Å². The van der Waals surface area contributed by atoms with Crippen molar-refractivity contribution in [2.24, 2.45) is 0 Å². The van der Waals surface area contributed by atoms with Crippen LogP contribution in [0.3, 0.4) is 0 Å². The number of nitrogens with zero attached hydrogens (tertiary/aromatic N) is 3. The number of carbonyl (C=O) groups is 1. The van der Waals surface area contributed by atoms with Crippen molar-refractivity contribution in [3.63, 3.8) is 0 Å². The van der Waals surface area contributed by atoms with Gasteiger partial charge in [-0.25, -0.2) is 17.9 Å². The standard InChI is InChI=1S/C23H20F3N5O/c24-18-9-16(11-28-21(18)14-5-7-23(25,26)8-6-14)31-13-15(10-29-31)22(32)30-20-12-27-19-4-2-1-3-17(19)20/h1-4,9-14,27H,5-8H2,(H,30,32). The van der Waals surface area contributed by atoms with Gasteiger partial charge in [0.1, 0.15) is 5.82 Å². The van der Waals surface area contributed by atoms with E-state index >= 15 is 0 Å². The smallest absolute Gasteiger partial charge is 0.258 e. The van der Waals surface area contributed by atoms with Crippen LogP contribution < -0.4 is 5.32 Å². The maximum absolute atomic E-state index is 14.7. The SMILES string of the molecule is O=C(Nc1c[nH]c2ccccc12)c1cnn(-c2cnc(C3CCC(F)(F)CC3)c(F)c2)c1. The number of amides is 1. The van der Waals surface area contributed by atoms with Crippen molar-refractivity contribution in [1.29, 1.82) is 0 Å². The monoisotopic (exact) mass is 439 g/mol. The largest absolute Gasteiger partial charge is 0.359 e. The quantitative estimate of drug-likeness (QED) is 0.445. The number of hydrogen-bond donors (Lipinski definition) is 2. The Morgan fingerprint density at radius 1 is 1.19 bits per heavy atom. The number of nitrogens with one attached hydrogen (secondary N) is 2. The van der Waals surface area contributed by atoms with E-state index < -0.39 is 11.7 Å². The van der Waals surface area contributed by atoms with E-state index in [1.54, 1.807) is 6.20 Å². The van der Waals surface area contributed by atoms with E-state index in [1.807, 2.05) is 24.3 Å². The summed E-state index contributed by atoms with van der Waals surface area (Å²) >= 11 is 0. The number of fused-ring (bicyclic) bond motifs is 1. The van der Waals surface area contributed by atoms with E-state index in [9.17, 15) is 18.0 Å². The van der Waals surface area contributed by atoms with Crippen LogP contribution in [-0.2, 0) is 0 Å². The summed E-state index contributed by atoms with van der Waals surface area (Å²) in [5, 5.41) is 7.87. The lowest BCUT2D eigenvalue weighted by Gasteiger charge is -2.28. The molecule has 5 rings (SSSR count). The lowest BCUT2D eigenvalue weighted by atomic mass is 9.84. The summed E-state index contributed by atoms with van der Waals surface area (Å²) < 4.78 is 42.8. The Labute approximate surface area is 181 Å². The van der Waals surface area contributed by atoms with Gasteiger partial charge in [-0.3, -0.25) is 9.78 Å². The number of alkyl halides is 2. The highest BCUT2D eigenvalue weighted by Crippen LogP contribution is 2.41. The number of benzene rings is 1. The summed E-state index contributed by atoms with van der Waals surface area (Å²) in [7, 11) is 0. The molecule has 1 amide bonds. The third-order valence-corrected chi connectivity index (χ3v) is 5.91. The van der Waals surface area contributed by atoms with E-state index in [-0.39, 0.29) is 43.2 Å². The molecule has 2 N–H and O–H groups in total. The number of anilines is 1. The lowest BCUT2D eigenvalue weighted by molar-refractivity contribution is -0.0387. The Hall–Kier alpha value is -3.62. The third kappa shape index (κ3) is 3.86. The minimum atomic E-state index is -2.67. The first-order chi connectivity index (χ1) is 15.4. The molecule has 0 atom stereocenters. The van der Waals surface area contributed by atoms with Crippen LogP contribution in [0.5, 0.6) is 0 Å². The predicted octanol–water partition coefficient (Wildman–Crippen LogP) is 5.43. The molecule has 1 aromatic carbocycles. The number of rotatable bonds is 4. The number of H-pyrrole nitrogens is 1. The predicted molar refractivity (Wildman–Crippen MR) is 114 cm³/mol. The van der Waals surface area contributed by atoms with Gasteiger partial charge >= 0.3 is 0 Å². The molecule has 164 valence electrons. The van der Waals surface area contributed by atoms with Gasteiger partial charge in [-0.1, -0.05) is 18.2 Å². The molecule has 1 saturated carbocycles. The highest BCUT2D eigenvalue weighted by atomic mass is 19.3. The topological polar surface area (TPSA) is 75.6 Å². The normalized spacial score (nSPS) is 16.3. The average Bonchev–Trinajstić information content (AvgIpc) is 3.42. The van der Waals surface area contributed by atoms with Crippen molar-refractivity contribution < 1.29 is 18.0 Å². The molecule has 32 heavy (non-hydrogen) atoms. The number of carbonyl (C=O) groups excluding carboxylic acids is 1. The summed E-state index contributed by atoms with van der Waals surface area (Å²) in [5.74, 6) is -3.91. The number of halogens is 3. The molecule has 0 bridgehead atoms. The first-order valence-corrected chi connectivity index (χ1v) is 10.4. The molecule has 0 unspecified atom stereocenters. The zero-order valence-electron chi connectivity index (χ0n) is 17.0. The molecule has 9 heteroatoms. The van der Waals surface area contributed by atoms with Gasteiger partial charge in [-0.2, -0.15) is 5.10 Å². The summed E-state index contributed by atoms with van der Waals surface area (Å²) in [5.41, 5.74) is 2.40. The molecular weight excluding hydrogens is 419 g/mol. The van der Waals surface area contributed by atoms with Crippen molar-refractivity contribution in [1.82, 2.24) is 19.7 Å². The van der Waals surface area contributed by atoms with Crippen LogP contribution in [0.2, 0.25) is 0 Å². The Bertz CT molecular complexity index is 1290. The van der Waals surface area contributed by atoms with Gasteiger partial charge in [0.05, 0.1) is 35.0 Å². The van der Waals surface area contributed by atoms with Gasteiger partial charge in [0.2, 0.25) is 5.92 Å². The Morgan fingerprint density at radius 3 is 2.75 bits per heavy atom. The highest BCUT2D eigenvalue weighted by Gasteiger charge is 2.36. The second-order valence-electron chi connectivity index (χ2n) is 8.07. The van der Waals surface area contributed by atoms with E-state index in [1.165, 1.54) is 29.3 Å². The number of para-hydroxylation sites is 1. The maximum Gasteiger partial charge on any atom is 0.258 e. The van der Waals surface area contributed by atoms with Gasteiger partial charge in [0.25, 0.3) is 5.91 Å². The van der Waals surface area contributed by atoms with Gasteiger partial charge in [-0.15, -0.1) is 0 Å². The molecule has 3 heterocycles. The number of aromatic nitrogens is 4. The van der Waals surface area contributed by atoms with Crippen LogP contribution in [0.15, 0.2) is 55.1 Å². The van der Waals surface area contributed by atoms with Crippen LogP contribution in [0, 0.1) is 5.82 Å². The van der Waals surface area contributed by atoms with Crippen LogP contribution in [-0.4, -0.2) is 31.6 Å². The minimum absolute atomic E-state index is 0.203. The first-order valence-electron chi connectivity index (χ1n) is 10.4. The molecule has 3 aromatic heterocycles. The molecule has 0 aliphatic heterocycles. The fourth-order valence-corrected chi connectivity index (χ4v) is 4.13. The number of pyridine rings is 1. The van der Waals surface area contributed by atoms with E-state index in [2.05, 4.69) is 20.4 Å². The molecule has 1 aliphatic rings. The molecule has 0 saturated heterocycles. The van der Waals surface area contributed by atoms with Crippen molar-refractivity contribution in [3.05, 3.63) is 72.2 Å². The summed E-state index contributed by atoms with van der Waals surface area (Å²) in [6, 6.07) is 8.86. The molecule has 0 spiro atoms. The molecule has 1 aliphatic carbocycles. The molecule has 6 nitrogen and oxygen atoms in total. The highest BCUT2D eigenvalue weighted by molar-refractivity contribution is 6.08. The van der Waals surface area contributed by atoms with Gasteiger partial charge in [0, 0.05) is 48.1 Å². The number of aromatic amines is 1. The zero-order valence-corrected chi connectivity index (χ0v) is 17.0. The van der Waals surface area contributed by atoms with Crippen molar-refractivity contribution in [2.45, 2.75) is 37.5 Å². The van der Waals surface area contributed by atoms with Gasteiger partial charge < -0.3 is 10.3 Å². The molecule has 1 fully saturated rings. The van der Waals surface area contributed by atoms with E-state index in [0.29, 0.717) is 16.9 Å². The zero-order chi connectivity index (χ0) is 22.3. The van der Waals surface area contributed by atoms with E-state index in [4.69, 9.17) is 0 Å². The fraction of sp³-hybridized carbons (Fsp3) is 0.261. The molecule has 4 aromatic rings. The second-order valence-corrected chi connectivity index (χ2v) is 8.07. The maximum atomic E-state index is 14.7. The van der Waals surface area contributed by atoms with Crippen molar-refractivity contribution in [3.8, 4) is 5.69 Å². The van der Waals surface area contributed by atoms with Crippen LogP contribution >= 0.6 is 0 Å². The second kappa shape index (κ2) is 7.81. The van der Waals surface area contributed by atoms with Crippen LogP contribution in [0.4, 0.5) is 18.9 Å². The Kier molecular flexibility index (Phi) is 4.96. The van der Waals surface area contributed by atoms with Crippen LogP contribution in [0.25, 0.3) is 16.6 Å². The van der Waals surface area contributed by atoms with Crippen LogP contribution in [0.1, 0.15) is 47.7 Å². The first kappa shape index (κ1) is 20.3. The van der Waals surface area contributed by atoms with Gasteiger partial charge in [0.15, 0.2) is 0 Å². The molecular formula is C23H20F3N5O. The Balaban J connectivity index is 1.32. The third-order valence-electron chi connectivity index (χ3n) is 5.91. The summed E-state index contributed by atoms with van der Waals surface area (Å²) in [6.07, 6.45) is 5.93.